The van der Waals surface area contributed by atoms with Crippen molar-refractivity contribution in [2.24, 2.45) is 11.7 Å². The lowest BCUT2D eigenvalue weighted by atomic mass is 9.90. The molecule has 3 rings (SSSR count). The van der Waals surface area contributed by atoms with Gasteiger partial charge in [-0.15, -0.1) is 0 Å². The van der Waals surface area contributed by atoms with Crippen LogP contribution in [0, 0.1) is 12.8 Å². The molecule has 0 bridgehead atoms. The Bertz CT molecular complexity index is 1250. The molecule has 0 saturated carbocycles. The van der Waals surface area contributed by atoms with Gasteiger partial charge in [0.15, 0.2) is 5.82 Å². The molecule has 0 saturated heterocycles. The molecule has 0 aliphatic carbocycles. The van der Waals surface area contributed by atoms with E-state index < -0.39 is 11.5 Å². The Kier molecular flexibility index (Phi) is 7.48. The lowest BCUT2D eigenvalue weighted by Crippen LogP contribution is -2.50. The van der Waals surface area contributed by atoms with Crippen molar-refractivity contribution in [1.29, 1.82) is 0 Å². The van der Waals surface area contributed by atoms with Crippen molar-refractivity contribution >= 4 is 17.7 Å². The van der Waals surface area contributed by atoms with Gasteiger partial charge in [-0.25, -0.2) is 24.9 Å². The van der Waals surface area contributed by atoms with E-state index in [9.17, 15) is 4.79 Å². The number of nitrogens with one attached hydrogen (secondary N) is 2. The first-order valence-electron chi connectivity index (χ1n) is 11.5. The summed E-state index contributed by atoms with van der Waals surface area (Å²) in [5.74, 6) is 0.761. The number of H-pyrrole nitrogens is 1. The zero-order valence-electron chi connectivity index (χ0n) is 22.1. The number of amides is 1. The number of ether oxygens (including phenoxy) is 2. The molecule has 1 unspecified atom stereocenters. The summed E-state index contributed by atoms with van der Waals surface area (Å²) < 4.78 is 10.7. The second-order valence-electron chi connectivity index (χ2n) is 9.83. The number of nitrogens with zero attached hydrogens (tertiary/aromatic N) is 5. The molecule has 0 spiro atoms. The van der Waals surface area contributed by atoms with Crippen LogP contribution >= 0.6 is 0 Å². The summed E-state index contributed by atoms with van der Waals surface area (Å²) in [6, 6.07) is 1.76. The number of hydrogen-bond donors (Lipinski definition) is 4. The maximum atomic E-state index is 11.9. The molecule has 3 heterocycles. The number of aryl methyl sites for hydroxylation is 1. The SMILES string of the molecule is COc1nc(-c2[nH]c(C(C)(C)C)nc2-c2ccnc(NC[C@H](C)C(C)(OC)C(N)=O)n2)c(C)nc1N. The maximum absolute atomic E-state index is 11.9. The molecule has 2 atom stereocenters. The molecule has 0 aliphatic heterocycles. The topological polar surface area (TPSA) is 180 Å². The Balaban J connectivity index is 2.03. The largest absolute Gasteiger partial charge is 0.478 e. The van der Waals surface area contributed by atoms with Crippen molar-refractivity contribution in [1.82, 2.24) is 29.9 Å². The van der Waals surface area contributed by atoms with E-state index in [4.69, 9.17) is 25.9 Å². The highest BCUT2D eigenvalue weighted by Crippen LogP contribution is 2.34. The number of carbonyl (C=O) groups is 1. The van der Waals surface area contributed by atoms with Gasteiger partial charge in [-0.3, -0.25) is 4.79 Å². The lowest BCUT2D eigenvalue weighted by molar-refractivity contribution is -0.143. The third-order valence-electron chi connectivity index (χ3n) is 6.23. The zero-order valence-corrected chi connectivity index (χ0v) is 22.1. The summed E-state index contributed by atoms with van der Waals surface area (Å²) in [5, 5.41) is 3.17. The number of nitrogen functional groups attached to an aromatic ring is 1. The van der Waals surface area contributed by atoms with Crippen molar-refractivity contribution in [3.8, 4) is 28.7 Å². The highest BCUT2D eigenvalue weighted by Gasteiger charge is 2.37. The van der Waals surface area contributed by atoms with E-state index in [1.165, 1.54) is 14.2 Å². The molecule has 0 aromatic carbocycles. The smallest absolute Gasteiger partial charge is 0.257 e. The fraction of sp³-hybridized carbons (Fsp3) is 0.500. The van der Waals surface area contributed by atoms with Gasteiger partial charge in [-0.2, -0.15) is 0 Å². The van der Waals surface area contributed by atoms with Crippen molar-refractivity contribution in [3.05, 3.63) is 23.8 Å². The predicted molar refractivity (Wildman–Crippen MR) is 137 cm³/mol. The van der Waals surface area contributed by atoms with Crippen LogP contribution in [-0.4, -0.2) is 62.2 Å². The van der Waals surface area contributed by atoms with Crippen LogP contribution in [0.25, 0.3) is 22.8 Å². The first kappa shape index (κ1) is 26.8. The average molecular weight is 498 g/mol. The van der Waals surface area contributed by atoms with Crippen molar-refractivity contribution in [3.63, 3.8) is 0 Å². The second-order valence-corrected chi connectivity index (χ2v) is 9.83. The molecule has 1 amide bonds. The Hall–Kier alpha value is -3.80. The zero-order chi connectivity index (χ0) is 26.8. The third-order valence-corrected chi connectivity index (χ3v) is 6.23. The number of imidazole rings is 1. The standard InChI is InChI=1S/C24H35N9O3/c1-12(24(6,36-8)20(26)34)11-28-22-27-10-9-14(30-22)16-17(33-21(32-16)23(3,4)5)15-13(2)29-18(25)19(31-15)35-7/h9-10,12H,11H2,1-8H3,(H2,25,29)(H2,26,34)(H,32,33)(H,27,28,30)/t12-,24?/m0/s1. The summed E-state index contributed by atoms with van der Waals surface area (Å²) in [6.07, 6.45) is 1.64. The van der Waals surface area contributed by atoms with Gasteiger partial charge in [0.25, 0.3) is 5.88 Å². The van der Waals surface area contributed by atoms with Crippen molar-refractivity contribution in [2.45, 2.75) is 52.6 Å². The van der Waals surface area contributed by atoms with Crippen LogP contribution in [0.5, 0.6) is 5.88 Å². The van der Waals surface area contributed by atoms with Gasteiger partial charge in [0.1, 0.15) is 22.8 Å². The minimum Gasteiger partial charge on any atom is -0.478 e. The number of aromatic amines is 1. The van der Waals surface area contributed by atoms with Gasteiger partial charge >= 0.3 is 0 Å². The number of nitrogens with two attached hydrogens (primary N) is 2. The number of carbonyl (C=O) groups excluding carboxylic acids is 1. The Morgan fingerprint density at radius 1 is 1.14 bits per heavy atom. The molecule has 3 aromatic heterocycles. The van der Waals surface area contributed by atoms with Gasteiger partial charge in [0.2, 0.25) is 11.9 Å². The van der Waals surface area contributed by atoms with E-state index in [1.54, 1.807) is 19.2 Å². The van der Waals surface area contributed by atoms with Crippen LogP contribution in [-0.2, 0) is 14.9 Å². The third kappa shape index (κ3) is 5.23. The first-order chi connectivity index (χ1) is 16.8. The fourth-order valence-corrected chi connectivity index (χ4v) is 3.55. The Morgan fingerprint density at radius 3 is 2.42 bits per heavy atom. The molecule has 194 valence electrons. The highest BCUT2D eigenvalue weighted by atomic mass is 16.5. The van der Waals surface area contributed by atoms with Crippen LogP contribution in [0.1, 0.15) is 46.1 Å². The molecule has 0 radical (unpaired) electrons. The molecule has 12 nitrogen and oxygen atoms in total. The molecule has 3 aromatic rings. The second kappa shape index (κ2) is 10.1. The summed E-state index contributed by atoms with van der Waals surface area (Å²) in [6.45, 7) is 11.9. The maximum Gasteiger partial charge on any atom is 0.257 e. The van der Waals surface area contributed by atoms with E-state index in [0.29, 0.717) is 41.0 Å². The van der Waals surface area contributed by atoms with Crippen LogP contribution in [0.4, 0.5) is 11.8 Å². The van der Waals surface area contributed by atoms with E-state index in [0.717, 1.165) is 5.82 Å². The molecule has 0 aliphatic rings. The molecular weight excluding hydrogens is 462 g/mol. The summed E-state index contributed by atoms with van der Waals surface area (Å²) in [7, 11) is 2.95. The van der Waals surface area contributed by atoms with Gasteiger partial charge in [0, 0.05) is 31.2 Å². The van der Waals surface area contributed by atoms with E-state index in [1.807, 2.05) is 13.8 Å². The van der Waals surface area contributed by atoms with Gasteiger partial charge in [0.05, 0.1) is 24.2 Å². The molecule has 0 fully saturated rings. The van der Waals surface area contributed by atoms with Gasteiger partial charge in [-0.1, -0.05) is 27.7 Å². The van der Waals surface area contributed by atoms with Gasteiger partial charge in [-0.05, 0) is 19.9 Å². The number of anilines is 2. The highest BCUT2D eigenvalue weighted by molar-refractivity contribution is 5.83. The van der Waals surface area contributed by atoms with Crippen LogP contribution in [0.2, 0.25) is 0 Å². The van der Waals surface area contributed by atoms with Gasteiger partial charge < -0.3 is 31.2 Å². The summed E-state index contributed by atoms with van der Waals surface area (Å²) in [4.78, 5) is 38.1. The molecule has 36 heavy (non-hydrogen) atoms. The minimum atomic E-state index is -1.13. The number of hydrogen-bond acceptors (Lipinski definition) is 10. The van der Waals surface area contributed by atoms with Crippen LogP contribution in [0.15, 0.2) is 12.3 Å². The number of rotatable bonds is 9. The summed E-state index contributed by atoms with van der Waals surface area (Å²) in [5.41, 5.74) is 13.1. The van der Waals surface area contributed by atoms with E-state index in [2.05, 4.69) is 51.0 Å². The Labute approximate surface area is 210 Å². The summed E-state index contributed by atoms with van der Waals surface area (Å²) >= 11 is 0. The average Bonchev–Trinajstić information content (AvgIpc) is 3.28. The van der Waals surface area contributed by atoms with Crippen LogP contribution in [0.3, 0.4) is 0 Å². The number of aromatic nitrogens is 6. The molecular formula is C24H35N9O3. The molecule has 12 heteroatoms. The lowest BCUT2D eigenvalue weighted by Gasteiger charge is -2.31. The minimum absolute atomic E-state index is 0.206. The fourth-order valence-electron chi connectivity index (χ4n) is 3.55. The van der Waals surface area contributed by atoms with Crippen molar-refractivity contribution < 1.29 is 14.3 Å². The predicted octanol–water partition coefficient (Wildman–Crippen LogP) is 2.46. The van der Waals surface area contributed by atoms with Crippen LogP contribution < -0.4 is 21.5 Å². The number of methoxy groups -OCH3 is 2. The monoisotopic (exact) mass is 497 g/mol. The normalized spacial score (nSPS) is 14.2. The first-order valence-corrected chi connectivity index (χ1v) is 11.5. The van der Waals surface area contributed by atoms with E-state index >= 15 is 0 Å². The number of primary amides is 1. The Morgan fingerprint density at radius 2 is 1.83 bits per heavy atom. The quantitative estimate of drug-likeness (QED) is 0.343. The van der Waals surface area contributed by atoms with E-state index in [-0.39, 0.29) is 23.0 Å². The van der Waals surface area contributed by atoms with Crippen molar-refractivity contribution in [2.75, 3.05) is 31.8 Å². The molecule has 6 N–H and O–H groups in total.